The molecule has 7 heteroatoms. The van der Waals surface area contributed by atoms with E-state index >= 15 is 0 Å². The van der Waals surface area contributed by atoms with Crippen molar-refractivity contribution in [2.45, 2.75) is 13.0 Å². The molecule has 1 unspecified atom stereocenters. The van der Waals surface area contributed by atoms with Crippen LogP contribution in [-0.4, -0.2) is 39.4 Å². The van der Waals surface area contributed by atoms with E-state index in [9.17, 15) is 9.59 Å². The summed E-state index contributed by atoms with van der Waals surface area (Å²) in [5.41, 5.74) is 2.22. The number of halogens is 1. The van der Waals surface area contributed by atoms with Gasteiger partial charge in [0.25, 0.3) is 5.91 Å². The van der Waals surface area contributed by atoms with Crippen LogP contribution in [0, 0.1) is 6.92 Å². The Kier molecular flexibility index (Phi) is 5.06. The number of rotatable bonds is 3. The predicted molar refractivity (Wildman–Crippen MR) is 96.3 cm³/mol. The van der Waals surface area contributed by atoms with Crippen LogP contribution in [-0.2, 0) is 4.79 Å². The Morgan fingerprint density at radius 1 is 1.33 bits per heavy atom. The largest absolute Gasteiger partial charge is 0.324 e. The van der Waals surface area contributed by atoms with Crippen LogP contribution in [0.15, 0.2) is 42.6 Å². The molecule has 1 aromatic heterocycles. The number of aromatic nitrogens is 1. The minimum absolute atomic E-state index is 0.180. The van der Waals surface area contributed by atoms with Gasteiger partial charge < -0.3 is 10.2 Å². The monoisotopic (exact) mass is 361 g/mol. The highest BCUT2D eigenvalue weighted by Gasteiger charge is 2.35. The zero-order valence-corrected chi connectivity index (χ0v) is 14.6. The van der Waals surface area contributed by atoms with Gasteiger partial charge in [0.2, 0.25) is 5.91 Å². The Bertz CT molecular complexity index is 767. The number of carbonyl (C=O) groups is 2. The van der Waals surface area contributed by atoms with Crippen LogP contribution in [0.4, 0.5) is 5.69 Å². The molecule has 0 spiro atoms. The van der Waals surface area contributed by atoms with Crippen molar-refractivity contribution in [3.8, 4) is 0 Å². The van der Waals surface area contributed by atoms with E-state index in [1.807, 2.05) is 31.2 Å². The van der Waals surface area contributed by atoms with Gasteiger partial charge >= 0.3 is 0 Å². The number of hydrogen-bond donors (Lipinski definition) is 1. The van der Waals surface area contributed by atoms with Crippen LogP contribution >= 0.6 is 23.4 Å². The first-order valence-electron chi connectivity index (χ1n) is 7.42. The highest BCUT2D eigenvalue weighted by molar-refractivity contribution is 7.99. The fraction of sp³-hybridized carbons (Fsp3) is 0.235. The quantitative estimate of drug-likeness (QED) is 0.853. The van der Waals surface area contributed by atoms with Crippen LogP contribution in [0.1, 0.15) is 15.9 Å². The molecule has 24 heavy (non-hydrogen) atoms. The summed E-state index contributed by atoms with van der Waals surface area (Å²) in [4.78, 5) is 30.7. The summed E-state index contributed by atoms with van der Waals surface area (Å²) in [7, 11) is 0. The van der Waals surface area contributed by atoms with Crippen molar-refractivity contribution in [3.05, 3.63) is 58.9 Å². The molecular weight excluding hydrogens is 346 g/mol. The zero-order chi connectivity index (χ0) is 17.1. The summed E-state index contributed by atoms with van der Waals surface area (Å²) in [5, 5.41) is 3.22. The van der Waals surface area contributed by atoms with Crippen molar-refractivity contribution in [1.29, 1.82) is 0 Å². The third kappa shape index (κ3) is 3.71. The predicted octanol–water partition coefficient (Wildman–Crippen LogP) is 3.20. The molecule has 0 bridgehead atoms. The standard InChI is InChI=1S/C17H16ClN3O2S/c1-11-3-2-4-13(7-11)20-16(22)14-9-24-10-21(14)17(23)12-5-6-15(18)19-8-12/h2-8,14H,9-10H2,1H3,(H,20,22). The van der Waals surface area contributed by atoms with Gasteiger partial charge in [-0.15, -0.1) is 11.8 Å². The van der Waals surface area contributed by atoms with Gasteiger partial charge in [-0.05, 0) is 36.8 Å². The molecule has 5 nitrogen and oxygen atoms in total. The molecule has 1 aliphatic rings. The van der Waals surface area contributed by atoms with E-state index in [1.165, 1.54) is 6.20 Å². The van der Waals surface area contributed by atoms with Crippen LogP contribution in [0.5, 0.6) is 0 Å². The molecule has 1 fully saturated rings. The lowest BCUT2D eigenvalue weighted by atomic mass is 10.2. The molecule has 0 radical (unpaired) electrons. The Balaban J connectivity index is 1.73. The van der Waals surface area contributed by atoms with E-state index in [-0.39, 0.29) is 11.8 Å². The molecule has 1 atom stereocenters. The van der Waals surface area contributed by atoms with Gasteiger partial charge in [0.05, 0.1) is 11.4 Å². The molecule has 1 N–H and O–H groups in total. The van der Waals surface area contributed by atoms with Gasteiger partial charge in [0.15, 0.2) is 0 Å². The first-order valence-corrected chi connectivity index (χ1v) is 8.95. The van der Waals surface area contributed by atoms with Crippen LogP contribution in [0.25, 0.3) is 0 Å². The molecule has 1 aliphatic heterocycles. The highest BCUT2D eigenvalue weighted by atomic mass is 35.5. The Hall–Kier alpha value is -2.05. The number of thioether (sulfide) groups is 1. The molecule has 1 saturated heterocycles. The van der Waals surface area contributed by atoms with Crippen molar-refractivity contribution in [1.82, 2.24) is 9.88 Å². The third-order valence-electron chi connectivity index (χ3n) is 3.71. The number of carbonyl (C=O) groups excluding carboxylic acids is 2. The van der Waals surface area contributed by atoms with Gasteiger partial charge in [-0.3, -0.25) is 9.59 Å². The SMILES string of the molecule is Cc1cccc(NC(=O)C2CSCN2C(=O)c2ccc(Cl)nc2)c1. The second-order valence-electron chi connectivity index (χ2n) is 5.52. The van der Waals surface area contributed by atoms with Crippen molar-refractivity contribution >= 4 is 40.9 Å². The number of anilines is 1. The number of nitrogens with one attached hydrogen (secondary N) is 1. The summed E-state index contributed by atoms with van der Waals surface area (Å²) in [6.45, 7) is 1.96. The van der Waals surface area contributed by atoms with Gasteiger partial charge in [0.1, 0.15) is 11.2 Å². The van der Waals surface area contributed by atoms with Crippen molar-refractivity contribution < 1.29 is 9.59 Å². The van der Waals surface area contributed by atoms with E-state index in [2.05, 4.69) is 10.3 Å². The molecule has 2 heterocycles. The van der Waals surface area contributed by atoms with Crippen molar-refractivity contribution in [3.63, 3.8) is 0 Å². The van der Waals surface area contributed by atoms with E-state index in [0.29, 0.717) is 22.3 Å². The number of amides is 2. The Morgan fingerprint density at radius 2 is 2.17 bits per heavy atom. The molecular formula is C17H16ClN3O2S. The summed E-state index contributed by atoms with van der Waals surface area (Å²) in [5.74, 6) is 0.659. The van der Waals surface area contributed by atoms with Gasteiger partial charge in [-0.2, -0.15) is 0 Å². The summed E-state index contributed by atoms with van der Waals surface area (Å²) in [6, 6.07) is 10.3. The maximum atomic E-state index is 12.6. The third-order valence-corrected chi connectivity index (χ3v) is 4.94. The second kappa shape index (κ2) is 7.23. The minimum Gasteiger partial charge on any atom is -0.324 e. The van der Waals surface area contributed by atoms with Gasteiger partial charge in [-0.25, -0.2) is 4.98 Å². The summed E-state index contributed by atoms with van der Waals surface area (Å²) in [6.07, 6.45) is 1.43. The van der Waals surface area contributed by atoms with Gasteiger partial charge in [-0.1, -0.05) is 23.7 Å². The van der Waals surface area contributed by atoms with E-state index < -0.39 is 6.04 Å². The fourth-order valence-corrected chi connectivity index (χ4v) is 3.74. The molecule has 1 aromatic carbocycles. The molecule has 124 valence electrons. The van der Waals surface area contributed by atoms with Crippen molar-refractivity contribution in [2.75, 3.05) is 16.9 Å². The summed E-state index contributed by atoms with van der Waals surface area (Å²) < 4.78 is 0. The first kappa shape index (κ1) is 16.8. The van der Waals surface area contributed by atoms with E-state index in [1.54, 1.807) is 28.8 Å². The molecule has 2 aromatic rings. The molecule has 0 aliphatic carbocycles. The Morgan fingerprint density at radius 3 is 2.88 bits per heavy atom. The maximum absolute atomic E-state index is 12.6. The maximum Gasteiger partial charge on any atom is 0.256 e. The van der Waals surface area contributed by atoms with Crippen LogP contribution < -0.4 is 5.32 Å². The average molecular weight is 362 g/mol. The Labute approximate surface area is 149 Å². The second-order valence-corrected chi connectivity index (χ2v) is 6.91. The lowest BCUT2D eigenvalue weighted by molar-refractivity contribution is -0.119. The molecule has 0 saturated carbocycles. The first-order chi connectivity index (χ1) is 11.5. The highest BCUT2D eigenvalue weighted by Crippen LogP contribution is 2.24. The van der Waals surface area contributed by atoms with Crippen LogP contribution in [0.2, 0.25) is 5.15 Å². The fourth-order valence-electron chi connectivity index (χ4n) is 2.48. The van der Waals surface area contributed by atoms with Crippen molar-refractivity contribution in [2.24, 2.45) is 0 Å². The number of hydrogen-bond acceptors (Lipinski definition) is 4. The van der Waals surface area contributed by atoms with Crippen LogP contribution in [0.3, 0.4) is 0 Å². The molecule has 2 amide bonds. The number of benzene rings is 1. The summed E-state index contributed by atoms with van der Waals surface area (Å²) >= 11 is 7.31. The number of pyridine rings is 1. The zero-order valence-electron chi connectivity index (χ0n) is 13.0. The minimum atomic E-state index is -0.501. The topological polar surface area (TPSA) is 62.3 Å². The van der Waals surface area contributed by atoms with E-state index in [0.717, 1.165) is 11.3 Å². The molecule has 3 rings (SSSR count). The number of nitrogens with zero attached hydrogens (tertiary/aromatic N) is 2. The smallest absolute Gasteiger partial charge is 0.256 e. The number of aryl methyl sites for hydroxylation is 1. The lowest BCUT2D eigenvalue weighted by Gasteiger charge is -2.23. The average Bonchev–Trinajstić information content (AvgIpc) is 3.04. The normalized spacial score (nSPS) is 16.9. The lowest BCUT2D eigenvalue weighted by Crippen LogP contribution is -2.44. The van der Waals surface area contributed by atoms with Gasteiger partial charge in [0, 0.05) is 17.6 Å². The van der Waals surface area contributed by atoms with E-state index in [4.69, 9.17) is 11.6 Å².